The first-order chi connectivity index (χ1) is 17.1. The normalized spacial score (nSPS) is 13.7. The lowest BCUT2D eigenvalue weighted by molar-refractivity contribution is -0.344. The fourth-order valence-electron chi connectivity index (χ4n) is 4.59. The predicted molar refractivity (Wildman–Crippen MR) is 134 cm³/mol. The summed E-state index contributed by atoms with van der Waals surface area (Å²) >= 11 is 0. The van der Waals surface area contributed by atoms with E-state index in [4.69, 9.17) is 9.47 Å². The van der Waals surface area contributed by atoms with Crippen molar-refractivity contribution in [1.82, 2.24) is 0 Å². The quantitative estimate of drug-likeness (QED) is 0.390. The molecule has 1 aliphatic rings. The first-order valence-corrected chi connectivity index (χ1v) is 11.5. The van der Waals surface area contributed by atoms with Crippen LogP contribution in [0.5, 0.6) is 11.5 Å². The Morgan fingerprint density at radius 3 is 2.11 bits per heavy atom. The molecule has 6 nitrogen and oxygen atoms in total. The molecule has 1 aromatic heterocycles. The highest BCUT2D eigenvalue weighted by molar-refractivity contribution is 6.15. The molecule has 0 bridgehead atoms. The molecule has 0 radical (unpaired) electrons. The molecule has 0 spiro atoms. The third-order valence-corrected chi connectivity index (χ3v) is 6.49. The van der Waals surface area contributed by atoms with Gasteiger partial charge in [-0.1, -0.05) is 0 Å². The maximum atomic E-state index is 13.7. The van der Waals surface area contributed by atoms with Crippen LogP contribution >= 0.6 is 0 Å². The van der Waals surface area contributed by atoms with Gasteiger partial charge in [-0.2, -0.15) is 0 Å². The monoisotopic (exact) mass is 472 g/mol. The number of hydrogen-bond donors (Lipinski definition) is 0. The molecule has 0 amide bonds. The van der Waals surface area contributed by atoms with Crippen molar-refractivity contribution in [3.8, 4) is 11.5 Å². The van der Waals surface area contributed by atoms with Gasteiger partial charge in [-0.25, -0.2) is 9.37 Å². The summed E-state index contributed by atoms with van der Waals surface area (Å²) in [7, 11) is 3.24. The minimum absolute atomic E-state index is 0.0652. The number of H-pyrrole nitrogens is 1. The van der Waals surface area contributed by atoms with Crippen molar-refractivity contribution < 1.29 is 23.6 Å². The molecule has 1 saturated heterocycles. The van der Waals surface area contributed by atoms with Crippen LogP contribution < -0.4 is 24.3 Å². The summed E-state index contributed by atoms with van der Waals surface area (Å²) in [5.41, 5.74) is 4.00. The van der Waals surface area contributed by atoms with Crippen molar-refractivity contribution >= 4 is 28.1 Å². The molecule has 1 fully saturated rings. The molecule has 2 heterocycles. The molecule has 4 aromatic rings. The molecule has 5 rings (SSSR count). The molecule has 0 aliphatic carbocycles. The van der Waals surface area contributed by atoms with Crippen LogP contribution in [0.25, 0.3) is 10.9 Å². The number of nitrogens with one attached hydrogen (secondary N) is 1. The number of aromatic nitrogens is 1. The van der Waals surface area contributed by atoms with Gasteiger partial charge in [0.1, 0.15) is 22.9 Å². The van der Waals surface area contributed by atoms with Gasteiger partial charge in [-0.15, -0.1) is 0 Å². The zero-order chi connectivity index (χ0) is 24.4. The standard InChI is InChI=1S/C28H26FN3O3/c1-34-22-9-3-19(4-10-22)28(33)25-18-30-26-12-11-23(35-2)17-24(26)27(25)32-15-13-31(14-16-32)21-7-5-20(29)6-8-21/h3-12,17-18H,13-16H2,1-2H3/p+1. The Balaban J connectivity index is 1.53. The van der Waals surface area contributed by atoms with Crippen LogP contribution in [0, 0.1) is 5.82 Å². The van der Waals surface area contributed by atoms with Crippen LogP contribution in [-0.4, -0.2) is 46.2 Å². The lowest BCUT2D eigenvalue weighted by atomic mass is 9.99. The number of ketones is 1. The Morgan fingerprint density at radius 2 is 1.46 bits per heavy atom. The molecule has 0 atom stereocenters. The van der Waals surface area contributed by atoms with Crippen LogP contribution in [0.3, 0.4) is 0 Å². The number of carbonyl (C=O) groups is 1. The van der Waals surface area contributed by atoms with Crippen LogP contribution in [0.1, 0.15) is 15.9 Å². The molecule has 0 saturated carbocycles. The highest BCUT2D eigenvalue weighted by atomic mass is 19.1. The van der Waals surface area contributed by atoms with E-state index in [2.05, 4.69) is 14.8 Å². The highest BCUT2D eigenvalue weighted by Crippen LogP contribution is 2.33. The number of piperazine rings is 1. The van der Waals surface area contributed by atoms with E-state index in [0.717, 1.165) is 54.2 Å². The Bertz CT molecular complexity index is 1350. The number of aromatic amines is 1. The lowest BCUT2D eigenvalue weighted by Gasteiger charge is -2.38. The Hall–Kier alpha value is -4.13. The summed E-state index contributed by atoms with van der Waals surface area (Å²) in [6, 6.07) is 19.6. The van der Waals surface area contributed by atoms with Gasteiger partial charge in [-0.05, 0) is 60.7 Å². The molecular formula is C28H27FN3O3+. The van der Waals surface area contributed by atoms with Crippen LogP contribution in [-0.2, 0) is 0 Å². The smallest absolute Gasteiger partial charge is 0.213 e. The Morgan fingerprint density at radius 1 is 0.829 bits per heavy atom. The van der Waals surface area contributed by atoms with E-state index in [-0.39, 0.29) is 11.6 Å². The first kappa shape index (κ1) is 22.7. The van der Waals surface area contributed by atoms with Crippen molar-refractivity contribution in [3.05, 3.63) is 89.9 Å². The summed E-state index contributed by atoms with van der Waals surface area (Å²) in [6.07, 6.45) is 1.79. The summed E-state index contributed by atoms with van der Waals surface area (Å²) in [5.74, 6) is 1.12. The average molecular weight is 473 g/mol. The average Bonchev–Trinajstić information content (AvgIpc) is 2.92. The van der Waals surface area contributed by atoms with Crippen molar-refractivity contribution in [2.75, 3.05) is 50.2 Å². The molecule has 178 valence electrons. The minimum Gasteiger partial charge on any atom is -0.497 e. The number of ether oxygens (including phenoxy) is 2. The predicted octanol–water partition coefficient (Wildman–Crippen LogP) is 4.37. The van der Waals surface area contributed by atoms with Gasteiger partial charge in [-0.3, -0.25) is 4.79 Å². The molecule has 7 heteroatoms. The third kappa shape index (κ3) is 4.49. The number of fused-ring (bicyclic) bond motifs is 1. The second kappa shape index (κ2) is 9.62. The largest absolute Gasteiger partial charge is 0.497 e. The van der Waals surface area contributed by atoms with Crippen molar-refractivity contribution in [3.63, 3.8) is 0 Å². The van der Waals surface area contributed by atoms with Crippen LogP contribution in [0.15, 0.2) is 72.9 Å². The van der Waals surface area contributed by atoms with Crippen molar-refractivity contribution in [1.29, 1.82) is 0 Å². The van der Waals surface area contributed by atoms with Gasteiger partial charge in [0.05, 0.1) is 25.3 Å². The van der Waals surface area contributed by atoms with Gasteiger partial charge in [0.2, 0.25) is 11.3 Å². The fraction of sp³-hybridized carbons (Fsp3) is 0.214. The zero-order valence-corrected chi connectivity index (χ0v) is 19.8. The number of carbonyl (C=O) groups excluding carboxylic acids is 1. The second-order valence-electron chi connectivity index (χ2n) is 8.47. The number of anilines is 2. The van der Waals surface area contributed by atoms with Gasteiger partial charge in [0, 0.05) is 43.5 Å². The maximum absolute atomic E-state index is 13.7. The van der Waals surface area contributed by atoms with Crippen LogP contribution in [0.4, 0.5) is 15.8 Å². The molecular weight excluding hydrogens is 445 g/mol. The number of methoxy groups -OCH3 is 2. The van der Waals surface area contributed by atoms with E-state index in [9.17, 15) is 9.18 Å². The third-order valence-electron chi connectivity index (χ3n) is 6.49. The number of nitrogens with zero attached hydrogens (tertiary/aromatic N) is 2. The first-order valence-electron chi connectivity index (χ1n) is 11.5. The maximum Gasteiger partial charge on any atom is 0.213 e. The van der Waals surface area contributed by atoms with E-state index in [1.807, 2.05) is 18.2 Å². The van der Waals surface area contributed by atoms with E-state index in [1.165, 1.54) is 12.1 Å². The number of hydrogen-bond acceptors (Lipinski definition) is 5. The van der Waals surface area contributed by atoms with Crippen LogP contribution in [0.2, 0.25) is 0 Å². The van der Waals surface area contributed by atoms with Gasteiger partial charge < -0.3 is 19.3 Å². The van der Waals surface area contributed by atoms with E-state index >= 15 is 0 Å². The Labute approximate surface area is 203 Å². The van der Waals surface area contributed by atoms with Gasteiger partial charge in [0.15, 0.2) is 6.20 Å². The summed E-state index contributed by atoms with van der Waals surface area (Å²) in [4.78, 5) is 21.4. The number of halogens is 1. The molecule has 1 N–H and O–H groups in total. The minimum atomic E-state index is -0.241. The van der Waals surface area contributed by atoms with Crippen molar-refractivity contribution in [2.24, 2.45) is 0 Å². The topological polar surface area (TPSA) is 56.2 Å². The number of rotatable bonds is 6. The summed E-state index contributed by atoms with van der Waals surface area (Å²) in [5, 5.41) is 0.930. The summed E-state index contributed by atoms with van der Waals surface area (Å²) < 4.78 is 24.1. The highest BCUT2D eigenvalue weighted by Gasteiger charge is 2.27. The molecule has 3 aromatic carbocycles. The number of pyridine rings is 1. The second-order valence-corrected chi connectivity index (χ2v) is 8.47. The SMILES string of the molecule is COc1ccc(C(=O)c2c[nH+]c3ccc(OC)cc3c2N2CCN(c3ccc(F)cc3)CC2)cc1. The van der Waals surface area contributed by atoms with E-state index < -0.39 is 0 Å². The summed E-state index contributed by atoms with van der Waals surface area (Å²) in [6.45, 7) is 2.95. The fourth-order valence-corrected chi connectivity index (χ4v) is 4.59. The van der Waals surface area contributed by atoms with Crippen molar-refractivity contribution in [2.45, 2.75) is 0 Å². The molecule has 0 unspecified atom stereocenters. The molecule has 35 heavy (non-hydrogen) atoms. The molecule has 1 aliphatic heterocycles. The Kier molecular flexibility index (Phi) is 6.23. The van der Waals surface area contributed by atoms with Gasteiger partial charge >= 0.3 is 0 Å². The zero-order valence-electron chi connectivity index (χ0n) is 19.8. The van der Waals surface area contributed by atoms with E-state index in [1.54, 1.807) is 56.8 Å². The van der Waals surface area contributed by atoms with E-state index in [0.29, 0.717) is 16.9 Å². The lowest BCUT2D eigenvalue weighted by Crippen LogP contribution is -2.47. The number of benzene rings is 3. The van der Waals surface area contributed by atoms with Gasteiger partial charge in [0.25, 0.3) is 0 Å².